The van der Waals surface area contributed by atoms with Crippen LogP contribution in [0, 0.1) is 5.92 Å². The standard InChI is InChI=1S/C37H46Cl2N4O6/c1-4-48-36(46)24-11-13-26(14-12-24)49-37(42-16-7-8-17-42,43-18-15-27(22-43)47-3)34(44)20-25-19-31(39)32(21-30(25)38)40-35(45)29-23-41(2)33-10-6-5-9-28(29)33/h5-6,9-10,19,21,23-24,26-27H,4,7-8,11-18,20,22H2,1-3H3,(H,40,45)/t24-,26-,27-,37?/m0/s1. The van der Waals surface area contributed by atoms with Gasteiger partial charge in [-0.05, 0) is 75.6 Å². The highest BCUT2D eigenvalue weighted by molar-refractivity contribution is 6.36. The van der Waals surface area contributed by atoms with Crippen LogP contribution in [0.5, 0.6) is 0 Å². The quantitative estimate of drug-likeness (QED) is 0.214. The molecule has 2 aromatic carbocycles. The first-order valence-electron chi connectivity index (χ1n) is 17.4. The molecule has 1 aromatic heterocycles. The summed E-state index contributed by atoms with van der Waals surface area (Å²) in [7, 11) is 3.60. The number of hydrogen-bond donors (Lipinski definition) is 1. The van der Waals surface area contributed by atoms with Crippen LogP contribution in [0.3, 0.4) is 0 Å². The Morgan fingerprint density at radius 3 is 2.37 bits per heavy atom. The van der Waals surface area contributed by atoms with E-state index in [0.717, 1.165) is 43.3 Å². The van der Waals surface area contributed by atoms with Gasteiger partial charge in [0.2, 0.25) is 5.85 Å². The number of nitrogens with zero attached hydrogens (tertiary/aromatic N) is 3. The highest BCUT2D eigenvalue weighted by atomic mass is 35.5. The van der Waals surface area contributed by atoms with E-state index in [1.165, 1.54) is 0 Å². The third-order valence-electron chi connectivity index (χ3n) is 10.3. The van der Waals surface area contributed by atoms with Crippen LogP contribution in [-0.4, -0.2) is 90.0 Å². The van der Waals surface area contributed by atoms with E-state index in [2.05, 4.69) is 15.1 Å². The van der Waals surface area contributed by atoms with Crippen molar-refractivity contribution in [1.29, 1.82) is 0 Å². The molecule has 2 aliphatic heterocycles. The first-order chi connectivity index (χ1) is 23.6. The van der Waals surface area contributed by atoms with Gasteiger partial charge in [0, 0.05) is 68.9 Å². The SMILES string of the molecule is CCOC(=O)[C@H]1CC[C@H](OC(C(=O)Cc2cc(Cl)c(NC(=O)c3cn(C)c4ccccc34)cc2Cl)(N2CCCC2)N2CC[C@H](OC)C2)CC1. The highest BCUT2D eigenvalue weighted by Gasteiger charge is 2.54. The molecule has 10 nitrogen and oxygen atoms in total. The van der Waals surface area contributed by atoms with E-state index in [1.54, 1.807) is 25.4 Å². The lowest BCUT2D eigenvalue weighted by atomic mass is 9.87. The van der Waals surface area contributed by atoms with E-state index >= 15 is 0 Å². The average molecular weight is 714 g/mol. The van der Waals surface area contributed by atoms with Crippen LogP contribution in [-0.2, 0) is 37.3 Å². The number of benzene rings is 2. The van der Waals surface area contributed by atoms with E-state index in [1.807, 2.05) is 42.8 Å². The number of amides is 1. The van der Waals surface area contributed by atoms with Crippen molar-refractivity contribution in [3.63, 3.8) is 0 Å². The first-order valence-corrected chi connectivity index (χ1v) is 18.1. The summed E-state index contributed by atoms with van der Waals surface area (Å²) in [5, 5.41) is 4.36. The Hall–Kier alpha value is -2.99. The molecule has 1 amide bonds. The maximum Gasteiger partial charge on any atom is 0.308 e. The molecule has 0 spiro atoms. The summed E-state index contributed by atoms with van der Waals surface area (Å²) in [5.41, 5.74) is 2.38. The second-order valence-electron chi connectivity index (χ2n) is 13.4. The number of ether oxygens (including phenoxy) is 3. The number of fused-ring (bicyclic) bond motifs is 1. The van der Waals surface area contributed by atoms with Gasteiger partial charge in [0.05, 0.1) is 41.0 Å². The van der Waals surface area contributed by atoms with Crippen LogP contribution in [0.4, 0.5) is 5.69 Å². The van der Waals surface area contributed by atoms with Crippen LogP contribution in [0.25, 0.3) is 10.9 Å². The van der Waals surface area contributed by atoms with Crippen LogP contribution < -0.4 is 5.32 Å². The Morgan fingerprint density at radius 1 is 0.939 bits per heavy atom. The highest BCUT2D eigenvalue weighted by Crippen LogP contribution is 2.39. The van der Waals surface area contributed by atoms with E-state index in [-0.39, 0.29) is 47.2 Å². The third-order valence-corrected chi connectivity index (χ3v) is 11.0. The van der Waals surface area contributed by atoms with Gasteiger partial charge in [-0.25, -0.2) is 0 Å². The van der Waals surface area contributed by atoms with E-state index < -0.39 is 5.85 Å². The van der Waals surface area contributed by atoms with Crippen LogP contribution in [0.1, 0.15) is 67.8 Å². The average Bonchev–Trinajstić information content (AvgIpc) is 3.88. The number of hydrogen-bond acceptors (Lipinski definition) is 8. The molecule has 2 saturated heterocycles. The van der Waals surface area contributed by atoms with Gasteiger partial charge in [0.15, 0.2) is 5.78 Å². The molecule has 49 heavy (non-hydrogen) atoms. The fourth-order valence-corrected chi connectivity index (χ4v) is 8.18. The van der Waals surface area contributed by atoms with Gasteiger partial charge in [-0.3, -0.25) is 24.2 Å². The lowest BCUT2D eigenvalue weighted by Gasteiger charge is -2.48. The number of aromatic nitrogens is 1. The normalized spacial score (nSPS) is 23.1. The molecular weight excluding hydrogens is 667 g/mol. The van der Waals surface area contributed by atoms with Gasteiger partial charge >= 0.3 is 5.97 Å². The molecule has 1 aliphatic carbocycles. The largest absolute Gasteiger partial charge is 0.466 e. The fourth-order valence-electron chi connectivity index (χ4n) is 7.71. The van der Waals surface area contributed by atoms with E-state index in [9.17, 15) is 14.4 Å². The maximum absolute atomic E-state index is 14.9. The molecule has 12 heteroatoms. The Balaban J connectivity index is 1.26. The van der Waals surface area contributed by atoms with Crippen molar-refractivity contribution >= 4 is 57.5 Å². The summed E-state index contributed by atoms with van der Waals surface area (Å²) in [6.45, 7) is 4.84. The summed E-state index contributed by atoms with van der Waals surface area (Å²) in [6.07, 6.45) is 6.90. The minimum atomic E-state index is -1.32. The van der Waals surface area contributed by atoms with Crippen molar-refractivity contribution in [2.45, 2.75) is 76.3 Å². The predicted molar refractivity (Wildman–Crippen MR) is 190 cm³/mol. The number of ketones is 1. The molecule has 1 unspecified atom stereocenters. The summed E-state index contributed by atoms with van der Waals surface area (Å²) in [4.78, 5) is 45.0. The number of likely N-dealkylation sites (tertiary alicyclic amines) is 2. The van der Waals surface area contributed by atoms with Crippen molar-refractivity contribution in [3.8, 4) is 0 Å². The molecule has 3 fully saturated rings. The van der Waals surface area contributed by atoms with Crippen molar-refractivity contribution in [3.05, 3.63) is 63.8 Å². The molecule has 3 aromatic rings. The molecule has 264 valence electrons. The molecule has 2 atom stereocenters. The lowest BCUT2D eigenvalue weighted by molar-refractivity contribution is -0.253. The van der Waals surface area contributed by atoms with Gasteiger partial charge in [0.1, 0.15) is 0 Å². The number of methoxy groups -OCH3 is 1. The van der Waals surface area contributed by atoms with Crippen LogP contribution >= 0.6 is 23.2 Å². The first kappa shape index (κ1) is 35.8. The number of carbonyl (C=O) groups excluding carboxylic acids is 3. The fraction of sp³-hybridized carbons (Fsp3) is 0.541. The van der Waals surface area contributed by atoms with Gasteiger partial charge in [-0.2, -0.15) is 0 Å². The number of rotatable bonds is 12. The predicted octanol–water partition coefficient (Wildman–Crippen LogP) is 6.46. The summed E-state index contributed by atoms with van der Waals surface area (Å²) >= 11 is 13.6. The van der Waals surface area contributed by atoms with Gasteiger partial charge in [0.25, 0.3) is 5.91 Å². The van der Waals surface area contributed by atoms with Crippen molar-refractivity contribution in [1.82, 2.24) is 14.4 Å². The van der Waals surface area contributed by atoms with Gasteiger partial charge < -0.3 is 24.1 Å². The van der Waals surface area contributed by atoms with Crippen molar-refractivity contribution in [2.24, 2.45) is 13.0 Å². The topological polar surface area (TPSA) is 102 Å². The molecule has 3 aliphatic rings. The number of esters is 1. The monoisotopic (exact) mass is 712 g/mol. The molecule has 0 bridgehead atoms. The molecule has 1 saturated carbocycles. The number of anilines is 1. The minimum absolute atomic E-state index is 0.0133. The lowest BCUT2D eigenvalue weighted by Crippen LogP contribution is -2.67. The van der Waals surface area contributed by atoms with Gasteiger partial charge in [-0.1, -0.05) is 41.4 Å². The second-order valence-corrected chi connectivity index (χ2v) is 14.2. The van der Waals surface area contributed by atoms with Crippen molar-refractivity contribution < 1.29 is 28.6 Å². The molecule has 0 radical (unpaired) electrons. The number of para-hydroxylation sites is 1. The molecule has 1 N–H and O–H groups in total. The zero-order chi connectivity index (χ0) is 34.7. The van der Waals surface area contributed by atoms with Crippen LogP contribution in [0.15, 0.2) is 42.6 Å². The maximum atomic E-state index is 14.9. The third kappa shape index (κ3) is 7.41. The van der Waals surface area contributed by atoms with Crippen LogP contribution in [0.2, 0.25) is 10.0 Å². The van der Waals surface area contributed by atoms with Gasteiger partial charge in [-0.15, -0.1) is 0 Å². The minimum Gasteiger partial charge on any atom is -0.466 e. The summed E-state index contributed by atoms with van der Waals surface area (Å²) in [6, 6.07) is 11.0. The summed E-state index contributed by atoms with van der Waals surface area (Å²) in [5.74, 6) is -2.05. The second kappa shape index (κ2) is 15.5. The molecule has 3 heterocycles. The smallest absolute Gasteiger partial charge is 0.308 e. The Kier molecular flexibility index (Phi) is 11.3. The molecular formula is C37H46Cl2N4O6. The zero-order valence-electron chi connectivity index (χ0n) is 28.5. The molecule has 6 rings (SSSR count). The van der Waals surface area contributed by atoms with E-state index in [0.29, 0.717) is 67.2 Å². The number of halogens is 2. The van der Waals surface area contributed by atoms with Crippen molar-refractivity contribution in [2.75, 3.05) is 45.2 Å². The van der Waals surface area contributed by atoms with E-state index in [4.69, 9.17) is 37.4 Å². The Labute approximate surface area is 297 Å². The number of Topliss-reactive ketones (excluding diaryl/α,β-unsaturated/α-hetero) is 1. The Morgan fingerprint density at radius 2 is 1.67 bits per heavy atom. The zero-order valence-corrected chi connectivity index (χ0v) is 30.0. The number of aryl methyl sites for hydroxylation is 1. The Bertz CT molecular complexity index is 1680. The summed E-state index contributed by atoms with van der Waals surface area (Å²) < 4.78 is 20.0. The number of nitrogens with one attached hydrogen (secondary N) is 1. The number of carbonyl (C=O) groups is 3.